The van der Waals surface area contributed by atoms with Gasteiger partial charge in [-0.3, -0.25) is 0 Å². The highest BCUT2D eigenvalue weighted by molar-refractivity contribution is 7.89. The molecule has 2 aromatic rings. The highest BCUT2D eigenvalue weighted by Crippen LogP contribution is 2.33. The zero-order valence-corrected chi connectivity index (χ0v) is 30.8. The summed E-state index contributed by atoms with van der Waals surface area (Å²) >= 11 is 7.22. The van der Waals surface area contributed by atoms with Crippen molar-refractivity contribution in [1.82, 2.24) is 0 Å². The van der Waals surface area contributed by atoms with Crippen LogP contribution in [0.3, 0.4) is 0 Å². The first kappa shape index (κ1) is 39.6. The Bertz CT molecular complexity index is 1220. The summed E-state index contributed by atoms with van der Waals surface area (Å²) in [5.74, 6) is 0. The van der Waals surface area contributed by atoms with Gasteiger partial charge in [-0.2, -0.15) is 0 Å². The molecule has 0 heterocycles. The van der Waals surface area contributed by atoms with E-state index in [-0.39, 0.29) is 0 Å². The van der Waals surface area contributed by atoms with Crippen LogP contribution in [0.4, 0.5) is 0 Å². The van der Waals surface area contributed by atoms with Gasteiger partial charge in [0.25, 0.3) is 0 Å². The lowest BCUT2D eigenvalue weighted by Crippen LogP contribution is -2.35. The largest absolute Gasteiger partial charge is 0.389 e. The molecule has 1 unspecified atom stereocenters. The molecule has 0 radical (unpaired) electrons. The molecule has 0 bridgehead atoms. The van der Waals surface area contributed by atoms with Gasteiger partial charge in [0.15, 0.2) is 0 Å². The van der Waals surface area contributed by atoms with E-state index in [0.717, 1.165) is 73.8 Å². The first-order valence-electron chi connectivity index (χ1n) is 17.0. The van der Waals surface area contributed by atoms with Gasteiger partial charge in [0.2, 0.25) is 0 Å². The number of aliphatic hydroxyl groups excluding tert-OH is 1. The molecule has 2 aromatic carbocycles. The lowest BCUT2D eigenvalue weighted by Gasteiger charge is -2.31. The van der Waals surface area contributed by atoms with Crippen LogP contribution in [0.2, 0.25) is 0 Å². The molecule has 45 heavy (non-hydrogen) atoms. The number of aliphatic hydroxyl groups is 1. The molecule has 0 aliphatic carbocycles. The average molecular weight is 677 g/mol. The van der Waals surface area contributed by atoms with Gasteiger partial charge < -0.3 is 9.84 Å². The van der Waals surface area contributed by atoms with E-state index in [1.165, 1.54) is 0 Å². The van der Waals surface area contributed by atoms with Crippen LogP contribution in [0.1, 0.15) is 116 Å². The molecule has 7 heteroatoms. The van der Waals surface area contributed by atoms with Gasteiger partial charge >= 0.3 is 0 Å². The number of benzene rings is 2. The molecule has 1 N–H and O–H groups in total. The smallest absolute Gasteiger partial charge is 0.108 e. The monoisotopic (exact) mass is 676 g/mol. The van der Waals surface area contributed by atoms with E-state index in [2.05, 4.69) is 33.8 Å². The van der Waals surface area contributed by atoms with Crippen LogP contribution in [-0.4, -0.2) is 37.2 Å². The zero-order valence-electron chi connectivity index (χ0n) is 28.4. The van der Waals surface area contributed by atoms with Gasteiger partial charge in [-0.25, -0.2) is 8.42 Å². The maximum Gasteiger partial charge on any atom is 0.108 e. The molecule has 0 amide bonds. The van der Waals surface area contributed by atoms with E-state index in [4.69, 9.17) is 16.3 Å². The van der Waals surface area contributed by atoms with E-state index in [1.54, 1.807) is 6.08 Å². The number of halogens is 1. The molecule has 0 saturated heterocycles. The van der Waals surface area contributed by atoms with Crippen molar-refractivity contribution in [3.05, 3.63) is 81.6 Å². The molecule has 6 atom stereocenters. The van der Waals surface area contributed by atoms with Crippen LogP contribution in [0.25, 0.3) is 0 Å². The zero-order chi connectivity index (χ0) is 33.2. The predicted octanol–water partition coefficient (Wildman–Crippen LogP) is 10.5. The fraction of sp³-hybridized carbons (Fsp3) is 0.579. The number of ether oxygens (including phenoxy) is 1. The van der Waals surface area contributed by atoms with Crippen molar-refractivity contribution in [3.8, 4) is 0 Å². The number of rotatable bonds is 22. The second-order valence-electron chi connectivity index (χ2n) is 12.0. The molecule has 0 aliphatic heterocycles. The normalized spacial score (nSPS) is 16.6. The summed E-state index contributed by atoms with van der Waals surface area (Å²) in [5, 5.41) is 10.7. The summed E-state index contributed by atoms with van der Waals surface area (Å²) in [6.45, 7) is 12.5. The fourth-order valence-corrected chi connectivity index (χ4v) is 8.17. The van der Waals surface area contributed by atoms with Gasteiger partial charge in [0.05, 0.1) is 39.2 Å². The standard InChI is InChI=1S/C38H57ClO4S2/c1-7-11-15-19-36(44(41)32-24-20-29(5)21-25-32)38(34(39)17-13-9-3)43-35(18-14-10-4)37(28-31(40)16-12-8-2)45(42)33-26-22-30(6)23-27-33/h19-28,31,34-35,38,40H,7-18H2,1-6H3/b36-19+,37-28-/t31-,34+,35?,38+,44-,45-/m0/s1. The molecule has 0 fully saturated rings. The molecule has 4 nitrogen and oxygen atoms in total. The Morgan fingerprint density at radius 2 is 1.20 bits per heavy atom. The predicted molar refractivity (Wildman–Crippen MR) is 194 cm³/mol. The van der Waals surface area contributed by atoms with Crippen molar-refractivity contribution >= 4 is 33.2 Å². The maximum atomic E-state index is 14.3. The van der Waals surface area contributed by atoms with E-state index in [0.29, 0.717) is 34.0 Å². The van der Waals surface area contributed by atoms with E-state index >= 15 is 0 Å². The highest BCUT2D eigenvalue weighted by Gasteiger charge is 2.34. The van der Waals surface area contributed by atoms with Gasteiger partial charge in [0.1, 0.15) is 6.10 Å². The van der Waals surface area contributed by atoms with Crippen LogP contribution in [0, 0.1) is 13.8 Å². The highest BCUT2D eigenvalue weighted by atomic mass is 35.5. The number of hydrogen-bond acceptors (Lipinski definition) is 4. The minimum absolute atomic E-state index is 0.421. The molecule has 2 rings (SSSR count). The molecular formula is C38H57ClO4S2. The first-order chi connectivity index (χ1) is 21.7. The third kappa shape index (κ3) is 13.6. The van der Waals surface area contributed by atoms with E-state index < -0.39 is 45.3 Å². The minimum atomic E-state index is -1.56. The fourth-order valence-electron chi connectivity index (χ4n) is 5.04. The second kappa shape index (κ2) is 22.1. The molecule has 0 spiro atoms. The lowest BCUT2D eigenvalue weighted by molar-refractivity contribution is 0.0264. The van der Waals surface area contributed by atoms with Crippen molar-refractivity contribution in [1.29, 1.82) is 0 Å². The van der Waals surface area contributed by atoms with Gasteiger partial charge in [0, 0.05) is 19.6 Å². The van der Waals surface area contributed by atoms with Crippen LogP contribution >= 0.6 is 11.6 Å². The van der Waals surface area contributed by atoms with E-state index in [9.17, 15) is 13.5 Å². The summed E-state index contributed by atoms with van der Waals surface area (Å²) in [7, 11) is -3.04. The third-order valence-corrected chi connectivity index (χ3v) is 11.4. The Morgan fingerprint density at radius 1 is 0.733 bits per heavy atom. The number of alkyl halides is 1. The first-order valence-corrected chi connectivity index (χ1v) is 19.8. The Kier molecular flexibility index (Phi) is 19.4. The summed E-state index contributed by atoms with van der Waals surface area (Å²) < 4.78 is 35.7. The van der Waals surface area contributed by atoms with Crippen molar-refractivity contribution in [2.24, 2.45) is 0 Å². The van der Waals surface area contributed by atoms with Crippen molar-refractivity contribution in [2.45, 2.75) is 152 Å². The van der Waals surface area contributed by atoms with Crippen LogP contribution in [-0.2, 0) is 26.3 Å². The van der Waals surface area contributed by atoms with Crippen molar-refractivity contribution in [3.63, 3.8) is 0 Å². The van der Waals surface area contributed by atoms with E-state index in [1.807, 2.05) is 62.4 Å². The Labute approximate surface area is 284 Å². The Morgan fingerprint density at radius 3 is 1.71 bits per heavy atom. The number of hydrogen-bond donors (Lipinski definition) is 1. The lowest BCUT2D eigenvalue weighted by atomic mass is 10.1. The number of unbranched alkanes of at least 4 members (excludes halogenated alkanes) is 5. The third-order valence-electron chi connectivity index (χ3n) is 7.90. The molecule has 0 aliphatic rings. The molecule has 0 aromatic heterocycles. The molecular weight excluding hydrogens is 620 g/mol. The summed E-state index contributed by atoms with van der Waals surface area (Å²) in [6.07, 6.45) is 12.0. The molecule has 252 valence electrons. The Balaban J connectivity index is 2.69. The van der Waals surface area contributed by atoms with Crippen molar-refractivity contribution in [2.75, 3.05) is 0 Å². The number of allylic oxidation sites excluding steroid dienone is 1. The summed E-state index contributed by atoms with van der Waals surface area (Å²) in [6, 6.07) is 15.5. The van der Waals surface area contributed by atoms with Crippen LogP contribution in [0.5, 0.6) is 0 Å². The Hall–Kier alpha value is -1.57. The van der Waals surface area contributed by atoms with Gasteiger partial charge in [-0.1, -0.05) is 121 Å². The number of aryl methyl sites for hydroxylation is 2. The van der Waals surface area contributed by atoms with Crippen LogP contribution < -0.4 is 0 Å². The minimum Gasteiger partial charge on any atom is -0.389 e. The van der Waals surface area contributed by atoms with Crippen molar-refractivity contribution < 1.29 is 18.3 Å². The quantitative estimate of drug-likeness (QED) is 0.0996. The average Bonchev–Trinajstić information content (AvgIpc) is 3.04. The second-order valence-corrected chi connectivity index (χ2v) is 15.6. The summed E-state index contributed by atoms with van der Waals surface area (Å²) in [5.41, 5.74) is 2.19. The van der Waals surface area contributed by atoms with Gasteiger partial charge in [-0.05, 0) is 69.9 Å². The molecule has 0 saturated carbocycles. The summed E-state index contributed by atoms with van der Waals surface area (Å²) in [4.78, 5) is 2.63. The van der Waals surface area contributed by atoms with Gasteiger partial charge in [-0.15, -0.1) is 11.6 Å². The SMILES string of the molecule is CCCC/C=C(\[C@H](OC(CCCC)/C(=C/[C@@H](O)CCCC)[S@@](=O)c1ccc(C)cc1)[C@H](Cl)CCCC)[S@@](=O)c1ccc(C)cc1. The maximum absolute atomic E-state index is 14.3. The topological polar surface area (TPSA) is 63.6 Å². The van der Waals surface area contributed by atoms with Crippen LogP contribution in [0.15, 0.2) is 80.3 Å².